The quantitative estimate of drug-likeness (QED) is 0.0164. The van der Waals surface area contributed by atoms with Crippen LogP contribution in [0.5, 0.6) is 0 Å². The highest BCUT2D eigenvalue weighted by molar-refractivity contribution is 8.77. The molecule has 1 radical (unpaired) electrons. The fraction of sp³-hybridized carbons (Fsp3) is 0.494. The maximum Gasteiger partial charge on any atom is 0.316 e. The zero-order valence-electron chi connectivity index (χ0n) is 62.2. The third kappa shape index (κ3) is 19.2. The molecule has 0 atom stereocenters. The third-order valence-corrected chi connectivity index (χ3v) is 36.4. The SMILES string of the molecule is CCCCCCSSc1ccc(-c2sc(-c3ccc(-c4ccc(-c5ccc(-c6ccc(-c7ccc(-c8sc(-c9ccc(SSCCCCCC)s9)c(CCCCCC)c8CCCCCC)s7)s6)n5-c5ccc(C6=[N+]([O-])C(C)(C)C(C)(C)N6[O])cc5)s4)s3)c(CCCCCC)c2CCCCCC)s1. The van der Waals surface area contributed by atoms with E-state index in [4.69, 9.17) is 0 Å². The largest absolute Gasteiger partial charge is 0.714 e. The maximum absolute atomic E-state index is 14.0. The van der Waals surface area contributed by atoms with Gasteiger partial charge in [0.1, 0.15) is 5.54 Å². The molecule has 11 rings (SSSR count). The number of benzene rings is 1. The van der Waals surface area contributed by atoms with Crippen molar-refractivity contribution in [1.82, 2.24) is 9.63 Å². The predicted octanol–water partition coefficient (Wildman–Crippen LogP) is 31.9. The van der Waals surface area contributed by atoms with E-state index in [1.165, 1.54) is 242 Å². The fourth-order valence-electron chi connectivity index (χ4n) is 13.7. The fourth-order valence-corrected chi connectivity index (χ4v) is 28.6. The van der Waals surface area contributed by atoms with Gasteiger partial charge in [-0.2, -0.15) is 0 Å². The molecular weight excluding hydrogens is 1480 g/mol. The molecule has 0 saturated carbocycles. The lowest BCUT2D eigenvalue weighted by molar-refractivity contribution is -0.539. The number of rotatable bonds is 44. The zero-order valence-corrected chi connectivity index (χ0v) is 72.0. The molecule has 0 aliphatic carbocycles. The van der Waals surface area contributed by atoms with E-state index in [-0.39, 0.29) is 5.84 Å². The van der Waals surface area contributed by atoms with Crippen molar-refractivity contribution < 1.29 is 9.95 Å². The second-order valence-corrected chi connectivity index (χ2v) is 42.5. The molecule has 1 aliphatic rings. The summed E-state index contributed by atoms with van der Waals surface area (Å²) in [5.74, 6) is 2.59. The van der Waals surface area contributed by atoms with Crippen LogP contribution >= 0.6 is 134 Å². The van der Waals surface area contributed by atoms with Crippen LogP contribution in [-0.2, 0) is 30.9 Å². The average molecular weight is 1590 g/mol. The third-order valence-electron chi connectivity index (χ3n) is 20.4. The van der Waals surface area contributed by atoms with Crippen molar-refractivity contribution in [2.24, 2.45) is 0 Å². The molecule has 0 N–H and O–H groups in total. The van der Waals surface area contributed by atoms with E-state index >= 15 is 0 Å². The smallest absolute Gasteiger partial charge is 0.316 e. The van der Waals surface area contributed by atoms with E-state index in [0.29, 0.717) is 5.56 Å². The van der Waals surface area contributed by atoms with E-state index in [1.54, 1.807) is 22.3 Å². The first-order valence-electron chi connectivity index (χ1n) is 38.4. The maximum atomic E-state index is 14.0. The number of hydroxylamine groups is 3. The van der Waals surface area contributed by atoms with Gasteiger partial charge in [0.05, 0.1) is 35.1 Å². The molecule has 5 nitrogen and oxygen atoms in total. The lowest BCUT2D eigenvalue weighted by Gasteiger charge is -2.32. The molecule has 0 saturated heterocycles. The van der Waals surface area contributed by atoms with Crippen molar-refractivity contribution in [2.45, 2.75) is 269 Å². The van der Waals surface area contributed by atoms with Crippen molar-refractivity contribution in [3.8, 4) is 85.4 Å². The second-order valence-electron chi connectivity index (χ2n) is 28.5. The highest BCUT2D eigenvalue weighted by Gasteiger charge is 2.60. The number of hydrogen-bond donors (Lipinski definition) is 0. The molecule has 0 bridgehead atoms. The molecule has 0 spiro atoms. The van der Waals surface area contributed by atoms with Crippen molar-refractivity contribution in [2.75, 3.05) is 11.5 Å². The summed E-state index contributed by atoms with van der Waals surface area (Å²) in [6.45, 7) is 21.4. The van der Waals surface area contributed by atoms with E-state index in [0.717, 1.165) is 52.6 Å². The molecule has 0 unspecified atom stereocenters. The minimum atomic E-state index is -0.913. The van der Waals surface area contributed by atoms with Crippen molar-refractivity contribution >= 4 is 140 Å². The average Bonchev–Trinajstić information content (AvgIpc) is 1.59. The van der Waals surface area contributed by atoms with Crippen molar-refractivity contribution in [1.29, 1.82) is 0 Å². The lowest BCUT2D eigenvalue weighted by Crippen LogP contribution is -2.53. The lowest BCUT2D eigenvalue weighted by atomic mass is 9.84. The van der Waals surface area contributed by atoms with Gasteiger partial charge in [-0.15, -0.1) is 90.7 Å². The molecule has 0 fully saturated rings. The van der Waals surface area contributed by atoms with E-state index in [2.05, 4.69) is 166 Å². The van der Waals surface area contributed by atoms with E-state index < -0.39 is 11.1 Å². The van der Waals surface area contributed by atoms with Crippen LogP contribution in [0.25, 0.3) is 85.4 Å². The van der Waals surface area contributed by atoms with Crippen LogP contribution in [0.15, 0.2) is 118 Å². The van der Waals surface area contributed by atoms with Crippen LogP contribution < -0.4 is 0 Å². The Bertz CT molecular complexity index is 4020. The number of nitrogens with zero attached hydrogens (tertiary/aromatic N) is 3. The summed E-state index contributed by atoms with van der Waals surface area (Å²) < 4.78 is 6.18. The van der Waals surface area contributed by atoms with Crippen molar-refractivity contribution in [3.63, 3.8) is 0 Å². The van der Waals surface area contributed by atoms with Gasteiger partial charge in [-0.25, -0.2) is 0 Å². The number of thiophene rings is 8. The molecule has 17 heteroatoms. The first-order valence-corrected chi connectivity index (χ1v) is 49.5. The first kappa shape index (κ1) is 79.8. The van der Waals surface area contributed by atoms with Crippen LogP contribution in [0.3, 0.4) is 0 Å². The minimum absolute atomic E-state index is 0.160. The predicted molar refractivity (Wildman–Crippen MR) is 467 cm³/mol. The van der Waals surface area contributed by atoms with Crippen molar-refractivity contribution in [3.05, 3.63) is 142 Å². The number of unbranched alkanes of at least 4 members (excludes halogenated alkanes) is 18. The van der Waals surface area contributed by atoms with Gasteiger partial charge in [0.25, 0.3) is 0 Å². The summed E-state index contributed by atoms with van der Waals surface area (Å²) in [7, 11) is 8.03. The number of amidine groups is 1. The molecule has 102 heavy (non-hydrogen) atoms. The summed E-state index contributed by atoms with van der Waals surface area (Å²) >= 11 is 15.8. The highest BCUT2D eigenvalue weighted by Crippen LogP contribution is 2.54. The Hall–Kier alpha value is -3.27. The monoisotopic (exact) mass is 1590 g/mol. The standard InChI is InChI=1S/C85H108N3O2S12/c1-11-17-23-29-35-61-63(37-31-25-19-13-3)81(75-53-55-77(97-75)101-91-57-33-27-21-15-5)99-79(61)73-51-49-71(95-73)69-47-45-67(93-69)65-43-44-66(86(65)60-41-39-59(40-42-60)83-87(89)84(7,8)85(9,10)88(83)90)68-46-48-70(94-68)72-50-52-74(96-72)80-62(36-30-24-18-12-2)64(38-32-26-20-14-4)82(100-80)76-54-56-78(98-76)102-92-58-34-28-22-16-6/h39-56H,11-38,57-58H2,1-10H3. The van der Waals surface area contributed by atoms with Gasteiger partial charge in [-0.1, -0.05) is 184 Å². The Morgan fingerprint density at radius 2 is 0.667 bits per heavy atom. The molecule has 1 aliphatic heterocycles. The van der Waals surface area contributed by atoms with Crippen LogP contribution in [-0.4, -0.2) is 42.8 Å². The van der Waals surface area contributed by atoms with Crippen LogP contribution in [0.1, 0.15) is 251 Å². The van der Waals surface area contributed by atoms with Crippen LogP contribution in [0, 0.1) is 5.21 Å². The molecule has 1 aromatic carbocycles. The van der Waals surface area contributed by atoms with Crippen LogP contribution in [0.4, 0.5) is 0 Å². The van der Waals surface area contributed by atoms with Gasteiger partial charge in [0, 0.05) is 80.9 Å². The second kappa shape index (κ2) is 39.2. The van der Waals surface area contributed by atoms with Gasteiger partial charge in [0.15, 0.2) is 5.54 Å². The Balaban J connectivity index is 0.930. The summed E-state index contributed by atoms with van der Waals surface area (Å²) in [5, 5.41) is 29.0. The summed E-state index contributed by atoms with van der Waals surface area (Å²) in [5.41, 5.74) is 8.45. The van der Waals surface area contributed by atoms with Gasteiger partial charge >= 0.3 is 5.84 Å². The molecule has 547 valence electrons. The summed E-state index contributed by atoms with van der Waals surface area (Å²) in [6.07, 6.45) is 35.3. The summed E-state index contributed by atoms with van der Waals surface area (Å²) in [4.78, 5) is 19.2. The molecule has 0 amide bonds. The van der Waals surface area contributed by atoms with E-state index in [9.17, 15) is 10.4 Å². The zero-order chi connectivity index (χ0) is 71.6. The minimum Gasteiger partial charge on any atom is -0.714 e. The topological polar surface area (TPSA) is 54.1 Å². The molecule has 10 aromatic rings. The Morgan fingerprint density at radius 1 is 0.353 bits per heavy atom. The highest BCUT2D eigenvalue weighted by atomic mass is 33.1. The summed E-state index contributed by atoms with van der Waals surface area (Å²) in [6, 6.07) is 41.3. The normalized spacial score (nSPS) is 13.7. The number of aromatic nitrogens is 1. The first-order chi connectivity index (χ1) is 49.7. The van der Waals surface area contributed by atoms with Gasteiger partial charge in [0.2, 0.25) is 0 Å². The van der Waals surface area contributed by atoms with Crippen LogP contribution in [0.2, 0.25) is 0 Å². The van der Waals surface area contributed by atoms with Gasteiger partial charge in [-0.3, -0.25) is 4.74 Å². The van der Waals surface area contributed by atoms with Gasteiger partial charge < -0.3 is 9.77 Å². The van der Waals surface area contributed by atoms with Gasteiger partial charge in [-0.05, 0) is 245 Å². The molecule has 9 aromatic heterocycles. The Kier molecular flexibility index (Phi) is 30.7. The number of hydrogen-bond acceptors (Lipinski definition) is 14. The molecule has 10 heterocycles. The Morgan fingerprint density at radius 3 is 1.01 bits per heavy atom. The van der Waals surface area contributed by atoms with E-state index in [1.807, 2.05) is 151 Å². The molecular formula is C85H108N3O2S12. The Labute approximate surface area is 660 Å².